The zero-order valence-electron chi connectivity index (χ0n) is 21.7. The molecule has 8 nitrogen and oxygen atoms in total. The molecule has 8 heteroatoms. The largest absolute Gasteiger partial charge is 0.507 e. The number of hydrogen-bond acceptors (Lipinski definition) is 6. The Kier molecular flexibility index (Phi) is 5.70. The zero-order valence-corrected chi connectivity index (χ0v) is 21.7. The van der Waals surface area contributed by atoms with E-state index >= 15 is 0 Å². The Hall–Kier alpha value is -4.33. The summed E-state index contributed by atoms with van der Waals surface area (Å²) in [5, 5.41) is 11.6. The lowest BCUT2D eigenvalue weighted by Gasteiger charge is -2.23. The first kappa shape index (κ1) is 24.4. The molecule has 5 rings (SSSR count). The molecule has 1 amide bonds. The third-order valence-electron chi connectivity index (χ3n) is 6.65. The number of H-pyrrole nitrogens is 1. The molecule has 0 bridgehead atoms. The molecule has 1 atom stereocenters. The smallest absolute Gasteiger partial charge is 0.302 e. The normalized spacial score (nSPS) is 17.7. The number of carbonyl (C=O) groups is 2. The number of aryl methyl sites for hydroxylation is 2. The maximum absolute atomic E-state index is 13.5. The fourth-order valence-corrected chi connectivity index (χ4v) is 4.65. The van der Waals surface area contributed by atoms with E-state index in [9.17, 15) is 14.7 Å². The van der Waals surface area contributed by atoms with Crippen LogP contribution in [-0.4, -0.2) is 33.9 Å². The Balaban J connectivity index is 1.75. The Labute approximate surface area is 214 Å². The first-order valence-electron chi connectivity index (χ1n) is 12.0. The number of amides is 1. The molecule has 0 radical (unpaired) electrons. The van der Waals surface area contributed by atoms with Crippen LogP contribution in [0.1, 0.15) is 55.0 Å². The van der Waals surface area contributed by atoms with Crippen molar-refractivity contribution in [1.29, 1.82) is 0 Å². The summed E-state index contributed by atoms with van der Waals surface area (Å²) >= 11 is 0. The fraction of sp³-hybridized carbons (Fsp3) is 0.276. The number of ketones is 1. The lowest BCUT2D eigenvalue weighted by Crippen LogP contribution is -2.30. The predicted octanol–water partition coefficient (Wildman–Crippen LogP) is 5.71. The van der Waals surface area contributed by atoms with Crippen LogP contribution >= 0.6 is 0 Å². The number of benzene rings is 2. The molecule has 0 aliphatic carbocycles. The fourth-order valence-electron chi connectivity index (χ4n) is 4.65. The molecule has 2 aromatic carbocycles. The molecule has 1 aliphatic rings. The van der Waals surface area contributed by atoms with Gasteiger partial charge in [0.15, 0.2) is 0 Å². The van der Waals surface area contributed by atoms with Gasteiger partial charge in [0.1, 0.15) is 29.1 Å². The van der Waals surface area contributed by atoms with Crippen LogP contribution in [0.2, 0.25) is 0 Å². The van der Waals surface area contributed by atoms with Crippen LogP contribution in [-0.2, 0) is 15.0 Å². The van der Waals surface area contributed by atoms with Gasteiger partial charge in [0.25, 0.3) is 5.78 Å². The summed E-state index contributed by atoms with van der Waals surface area (Å²) in [6.45, 7) is 9.87. The van der Waals surface area contributed by atoms with Gasteiger partial charge in [-0.1, -0.05) is 32.9 Å². The number of aliphatic hydroxyl groups excluding tert-OH is 1. The van der Waals surface area contributed by atoms with Crippen molar-refractivity contribution in [3.63, 3.8) is 0 Å². The van der Waals surface area contributed by atoms with E-state index in [0.29, 0.717) is 28.4 Å². The molecule has 2 aromatic heterocycles. The van der Waals surface area contributed by atoms with Crippen LogP contribution in [0.4, 0.5) is 5.95 Å². The number of rotatable bonds is 4. The van der Waals surface area contributed by atoms with Crippen LogP contribution in [0, 0.1) is 13.8 Å². The van der Waals surface area contributed by atoms with E-state index in [-0.39, 0.29) is 22.7 Å². The molecule has 0 spiro atoms. The minimum Gasteiger partial charge on any atom is -0.507 e. The van der Waals surface area contributed by atoms with E-state index in [2.05, 4.69) is 9.97 Å². The number of Topliss-reactive ketones (excluding diaryl/α,β-unsaturated/α-hetero) is 1. The third kappa shape index (κ3) is 4.08. The van der Waals surface area contributed by atoms with E-state index in [0.717, 1.165) is 16.6 Å². The van der Waals surface area contributed by atoms with Gasteiger partial charge >= 0.3 is 5.91 Å². The quantitative estimate of drug-likeness (QED) is 0.212. The molecule has 4 aromatic rings. The second-order valence-electron chi connectivity index (χ2n) is 10.4. The van der Waals surface area contributed by atoms with Crippen molar-refractivity contribution < 1.29 is 23.8 Å². The summed E-state index contributed by atoms with van der Waals surface area (Å²) in [5.41, 5.74) is 3.33. The van der Waals surface area contributed by atoms with Crippen molar-refractivity contribution in [2.24, 2.45) is 0 Å². The molecule has 190 valence electrons. The van der Waals surface area contributed by atoms with Gasteiger partial charge in [-0.05, 0) is 66.8 Å². The Morgan fingerprint density at radius 3 is 2.49 bits per heavy atom. The van der Waals surface area contributed by atoms with E-state index in [1.807, 2.05) is 52.0 Å². The van der Waals surface area contributed by atoms with Gasteiger partial charge in [-0.2, -0.15) is 0 Å². The van der Waals surface area contributed by atoms with Crippen LogP contribution in [0.5, 0.6) is 5.75 Å². The maximum atomic E-state index is 13.5. The maximum Gasteiger partial charge on any atom is 0.302 e. The molecule has 0 saturated carbocycles. The van der Waals surface area contributed by atoms with Crippen LogP contribution < -0.4 is 9.64 Å². The number of aromatic nitrogens is 2. The van der Waals surface area contributed by atoms with Gasteiger partial charge in [-0.3, -0.25) is 14.5 Å². The molecular weight excluding hydrogens is 470 g/mol. The summed E-state index contributed by atoms with van der Waals surface area (Å²) in [5.74, 6) is -0.482. The van der Waals surface area contributed by atoms with E-state index < -0.39 is 17.7 Å². The highest BCUT2D eigenvalue weighted by atomic mass is 16.5. The Morgan fingerprint density at radius 2 is 1.84 bits per heavy atom. The molecule has 37 heavy (non-hydrogen) atoms. The first-order chi connectivity index (χ1) is 17.5. The van der Waals surface area contributed by atoms with Gasteiger partial charge in [0, 0.05) is 0 Å². The second-order valence-corrected chi connectivity index (χ2v) is 10.4. The summed E-state index contributed by atoms with van der Waals surface area (Å²) in [6.07, 6.45) is 0. The van der Waals surface area contributed by atoms with Crippen molar-refractivity contribution in [3.8, 4) is 5.75 Å². The predicted molar refractivity (Wildman–Crippen MR) is 141 cm³/mol. The Bertz CT molecular complexity index is 1580. The minimum atomic E-state index is -1.03. The number of furan rings is 1. The average Bonchev–Trinajstić information content (AvgIpc) is 3.53. The van der Waals surface area contributed by atoms with E-state index in [1.165, 1.54) is 12.0 Å². The number of imidazole rings is 1. The van der Waals surface area contributed by atoms with E-state index in [1.54, 1.807) is 31.2 Å². The number of aliphatic hydroxyl groups is 1. The number of nitrogens with one attached hydrogen (secondary N) is 1. The summed E-state index contributed by atoms with van der Waals surface area (Å²) in [6, 6.07) is 13.5. The van der Waals surface area contributed by atoms with Gasteiger partial charge < -0.3 is 19.2 Å². The van der Waals surface area contributed by atoms with Crippen molar-refractivity contribution >= 4 is 34.4 Å². The first-order valence-corrected chi connectivity index (χ1v) is 12.0. The van der Waals surface area contributed by atoms with Crippen LogP contribution in [0.3, 0.4) is 0 Å². The number of ether oxygens (including phenoxy) is 1. The lowest BCUT2D eigenvalue weighted by molar-refractivity contribution is -0.132. The van der Waals surface area contributed by atoms with Crippen molar-refractivity contribution in [2.75, 3.05) is 12.0 Å². The molecule has 1 unspecified atom stereocenters. The molecule has 1 saturated heterocycles. The van der Waals surface area contributed by atoms with Crippen LogP contribution in [0.15, 0.2) is 58.5 Å². The monoisotopic (exact) mass is 499 g/mol. The molecule has 1 aliphatic heterocycles. The average molecular weight is 500 g/mol. The summed E-state index contributed by atoms with van der Waals surface area (Å²) < 4.78 is 11.4. The van der Waals surface area contributed by atoms with Gasteiger partial charge in [0.05, 0.1) is 29.3 Å². The molecular formula is C29H29N3O5. The number of methoxy groups -OCH3 is 1. The summed E-state index contributed by atoms with van der Waals surface area (Å²) in [4.78, 5) is 36.0. The number of hydrogen-bond donors (Lipinski definition) is 2. The highest BCUT2D eigenvalue weighted by Gasteiger charge is 2.50. The zero-order chi connectivity index (χ0) is 26.6. The summed E-state index contributed by atoms with van der Waals surface area (Å²) in [7, 11) is 1.49. The lowest BCUT2D eigenvalue weighted by atomic mass is 9.85. The van der Waals surface area contributed by atoms with Crippen molar-refractivity contribution in [2.45, 2.75) is 46.1 Å². The molecule has 3 heterocycles. The van der Waals surface area contributed by atoms with E-state index in [4.69, 9.17) is 9.15 Å². The van der Waals surface area contributed by atoms with Gasteiger partial charge in [-0.25, -0.2) is 4.98 Å². The van der Waals surface area contributed by atoms with Gasteiger partial charge in [0.2, 0.25) is 5.95 Å². The number of fused-ring (bicyclic) bond motifs is 1. The standard InChI is InChI=1S/C29H29N3O5/c1-15-7-10-19-20(13-15)31-28(30-19)32-24(22-11-8-16(2)37-22)23(26(34)27(32)35)25(33)18-14-17(29(3,4)5)9-12-21(18)36-6/h7-14,24,33H,1-6H3,(H,30,31)/b25-23+. The Morgan fingerprint density at radius 1 is 1.08 bits per heavy atom. The van der Waals surface area contributed by atoms with Crippen molar-refractivity contribution in [1.82, 2.24) is 9.97 Å². The number of aromatic amines is 1. The van der Waals surface area contributed by atoms with Crippen molar-refractivity contribution in [3.05, 3.63) is 82.3 Å². The molecule has 2 N–H and O–H groups in total. The highest BCUT2D eigenvalue weighted by Crippen LogP contribution is 2.44. The topological polar surface area (TPSA) is 109 Å². The SMILES string of the molecule is COc1ccc(C(C)(C)C)cc1/C(O)=C1\C(=O)C(=O)N(c2nc3ccc(C)cc3[nH]2)C1c1ccc(C)o1. The van der Waals surface area contributed by atoms with Gasteiger partial charge in [-0.15, -0.1) is 0 Å². The number of carbonyl (C=O) groups excluding carboxylic acids is 2. The van der Waals surface area contributed by atoms with Crippen LogP contribution in [0.25, 0.3) is 16.8 Å². The number of anilines is 1. The highest BCUT2D eigenvalue weighted by molar-refractivity contribution is 6.51. The number of nitrogens with zero attached hydrogens (tertiary/aromatic N) is 2. The minimum absolute atomic E-state index is 0.0969. The molecule has 1 fully saturated rings. The third-order valence-corrected chi connectivity index (χ3v) is 6.65. The second kappa shape index (κ2) is 8.65.